The fourth-order valence-corrected chi connectivity index (χ4v) is 10.4. The molecule has 4 aromatic heterocycles. The Balaban J connectivity index is 1.08. The van der Waals surface area contributed by atoms with Gasteiger partial charge in [0.05, 0.1) is 22.1 Å². The van der Waals surface area contributed by atoms with Crippen LogP contribution in [-0.2, 0) is 0 Å². The van der Waals surface area contributed by atoms with Crippen molar-refractivity contribution < 1.29 is 4.42 Å². The highest BCUT2D eigenvalue weighted by Crippen LogP contribution is 2.44. The smallest absolute Gasteiger partial charge is 0.238 e. The van der Waals surface area contributed by atoms with Crippen LogP contribution in [0.2, 0.25) is 0 Å². The van der Waals surface area contributed by atoms with E-state index in [-0.39, 0.29) is 0 Å². The Bertz CT molecular complexity index is 4230. The van der Waals surface area contributed by atoms with Crippen LogP contribution < -0.4 is 0 Å². The van der Waals surface area contributed by atoms with Gasteiger partial charge in [-0.25, -0.2) is 4.98 Å². The van der Waals surface area contributed by atoms with E-state index >= 15 is 0 Å². The zero-order valence-corrected chi connectivity index (χ0v) is 37.2. The molecule has 0 saturated carbocycles. The summed E-state index contributed by atoms with van der Waals surface area (Å²) >= 11 is 0. The van der Waals surface area contributed by atoms with Gasteiger partial charge in [0.1, 0.15) is 11.2 Å². The summed E-state index contributed by atoms with van der Waals surface area (Å²) in [6, 6.07) is 83.4. The van der Waals surface area contributed by atoms with E-state index < -0.39 is 0 Å². The third kappa shape index (κ3) is 6.30. The third-order valence-corrected chi connectivity index (χ3v) is 13.6. The first-order chi connectivity index (χ1) is 34.2. The van der Waals surface area contributed by atoms with Crippen molar-refractivity contribution in [2.24, 2.45) is 0 Å². The maximum Gasteiger partial charge on any atom is 0.238 e. The van der Waals surface area contributed by atoms with E-state index in [0.717, 1.165) is 116 Å². The first-order valence-corrected chi connectivity index (χ1v) is 23.3. The molecule has 322 valence electrons. The van der Waals surface area contributed by atoms with E-state index in [0.29, 0.717) is 17.6 Å². The van der Waals surface area contributed by atoms with Gasteiger partial charge in [-0.1, -0.05) is 182 Å². The molecule has 6 heteroatoms. The van der Waals surface area contributed by atoms with Gasteiger partial charge < -0.3 is 8.98 Å². The minimum atomic E-state index is 0.527. The summed E-state index contributed by atoms with van der Waals surface area (Å²) < 4.78 is 11.2. The number of fused-ring (bicyclic) bond motifs is 10. The van der Waals surface area contributed by atoms with Crippen LogP contribution in [0.1, 0.15) is 0 Å². The number of aromatic nitrogens is 5. The molecule has 0 amide bonds. The molecule has 4 heterocycles. The quantitative estimate of drug-likeness (QED) is 0.160. The molecule has 0 aliphatic carbocycles. The second-order valence-electron chi connectivity index (χ2n) is 17.6. The second kappa shape index (κ2) is 15.6. The van der Waals surface area contributed by atoms with Gasteiger partial charge in [-0.3, -0.25) is 4.57 Å². The highest BCUT2D eigenvalue weighted by molar-refractivity contribution is 6.24. The molecule has 0 radical (unpaired) electrons. The van der Waals surface area contributed by atoms with Gasteiger partial charge >= 0.3 is 0 Å². The minimum Gasteiger partial charge on any atom is -0.456 e. The average Bonchev–Trinajstić information content (AvgIpc) is 4.09. The lowest BCUT2D eigenvalue weighted by Crippen LogP contribution is -2.07. The highest BCUT2D eigenvalue weighted by atomic mass is 16.3. The zero-order chi connectivity index (χ0) is 45.4. The minimum absolute atomic E-state index is 0.527. The van der Waals surface area contributed by atoms with Gasteiger partial charge in [-0.05, 0) is 88.0 Å². The predicted molar refractivity (Wildman–Crippen MR) is 283 cm³/mol. The van der Waals surface area contributed by atoms with Crippen molar-refractivity contribution in [2.45, 2.75) is 0 Å². The van der Waals surface area contributed by atoms with Gasteiger partial charge in [0, 0.05) is 49.1 Å². The van der Waals surface area contributed by atoms with E-state index in [1.165, 1.54) is 0 Å². The van der Waals surface area contributed by atoms with Crippen molar-refractivity contribution in [3.05, 3.63) is 237 Å². The van der Waals surface area contributed by atoms with Crippen LogP contribution >= 0.6 is 0 Å². The van der Waals surface area contributed by atoms with E-state index in [1.807, 2.05) is 36.4 Å². The number of nitrogens with zero attached hydrogens (tertiary/aromatic N) is 5. The zero-order valence-electron chi connectivity index (χ0n) is 37.2. The molecule has 69 heavy (non-hydrogen) atoms. The number of furan rings is 1. The largest absolute Gasteiger partial charge is 0.456 e. The van der Waals surface area contributed by atoms with Crippen LogP contribution in [0.4, 0.5) is 0 Å². The molecule has 0 atom stereocenters. The van der Waals surface area contributed by atoms with Crippen molar-refractivity contribution in [2.75, 3.05) is 0 Å². The van der Waals surface area contributed by atoms with Crippen molar-refractivity contribution in [1.82, 2.24) is 24.1 Å². The first kappa shape index (κ1) is 38.8. The standard InChI is InChI=1S/C63H39N5O/c1-5-18-40(19-6-1)45-36-46(41-20-7-2-8-21-41)38-47(37-45)67-54-29-15-13-26-49(54)51-33-34-52-50-27-14-16-30-55(50)68(60(52)59(51)67)63-65-61(43-24-11-4-12-25-43)64-62(66-63)44-32-35-56-53(39-44)58-48(28-17-31-57(58)69-56)42-22-9-3-10-23-42/h1-39H. The van der Waals surface area contributed by atoms with E-state index in [1.54, 1.807) is 0 Å². The van der Waals surface area contributed by atoms with Crippen LogP contribution in [0.5, 0.6) is 0 Å². The maximum absolute atomic E-state index is 6.50. The predicted octanol–water partition coefficient (Wildman–Crippen LogP) is 16.3. The fraction of sp³-hybridized carbons (Fsp3) is 0. The van der Waals surface area contributed by atoms with Crippen LogP contribution in [-0.4, -0.2) is 24.1 Å². The number of benzene rings is 10. The van der Waals surface area contributed by atoms with Crippen molar-refractivity contribution in [1.29, 1.82) is 0 Å². The summed E-state index contributed by atoms with van der Waals surface area (Å²) in [5, 5.41) is 6.57. The monoisotopic (exact) mass is 881 g/mol. The summed E-state index contributed by atoms with van der Waals surface area (Å²) in [5.41, 5.74) is 15.5. The molecule has 14 rings (SSSR count). The summed E-state index contributed by atoms with van der Waals surface area (Å²) in [6.07, 6.45) is 0. The third-order valence-electron chi connectivity index (χ3n) is 13.6. The number of rotatable bonds is 7. The summed E-state index contributed by atoms with van der Waals surface area (Å²) in [5.74, 6) is 1.67. The second-order valence-corrected chi connectivity index (χ2v) is 17.6. The number of para-hydroxylation sites is 2. The topological polar surface area (TPSA) is 61.7 Å². The Morgan fingerprint density at radius 1 is 0.304 bits per heavy atom. The molecule has 0 aliphatic heterocycles. The average molecular weight is 882 g/mol. The van der Waals surface area contributed by atoms with Gasteiger partial charge in [0.15, 0.2) is 11.6 Å². The maximum atomic E-state index is 6.50. The molecular formula is C63H39N5O. The van der Waals surface area contributed by atoms with E-state index in [2.05, 4.69) is 209 Å². The number of hydrogen-bond donors (Lipinski definition) is 0. The summed E-state index contributed by atoms with van der Waals surface area (Å²) in [7, 11) is 0. The van der Waals surface area contributed by atoms with Gasteiger partial charge in [-0.2, -0.15) is 9.97 Å². The Kier molecular flexibility index (Phi) is 8.79. The van der Waals surface area contributed by atoms with Crippen LogP contribution in [0.3, 0.4) is 0 Å². The molecule has 0 bridgehead atoms. The number of hydrogen-bond acceptors (Lipinski definition) is 4. The molecule has 6 nitrogen and oxygen atoms in total. The normalized spacial score (nSPS) is 11.8. The molecule has 0 N–H and O–H groups in total. The molecule has 0 aliphatic rings. The van der Waals surface area contributed by atoms with Crippen LogP contribution in [0.25, 0.3) is 133 Å². The van der Waals surface area contributed by atoms with Gasteiger partial charge in [-0.15, -0.1) is 0 Å². The Morgan fingerprint density at radius 2 is 0.826 bits per heavy atom. The molecule has 0 saturated heterocycles. The van der Waals surface area contributed by atoms with Gasteiger partial charge in [0.25, 0.3) is 0 Å². The molecule has 0 fully saturated rings. The Morgan fingerprint density at radius 3 is 1.45 bits per heavy atom. The molecule has 0 spiro atoms. The first-order valence-electron chi connectivity index (χ1n) is 23.3. The Labute approximate surface area is 396 Å². The highest BCUT2D eigenvalue weighted by Gasteiger charge is 2.24. The summed E-state index contributed by atoms with van der Waals surface area (Å²) in [6.45, 7) is 0. The lowest BCUT2D eigenvalue weighted by molar-refractivity contribution is 0.669. The van der Waals surface area contributed by atoms with Crippen LogP contribution in [0, 0.1) is 0 Å². The molecule has 0 unspecified atom stereocenters. The molecule has 10 aromatic carbocycles. The fourth-order valence-electron chi connectivity index (χ4n) is 10.4. The van der Waals surface area contributed by atoms with Crippen molar-refractivity contribution in [3.8, 4) is 67.8 Å². The van der Waals surface area contributed by atoms with E-state index in [4.69, 9.17) is 19.4 Å². The summed E-state index contributed by atoms with van der Waals surface area (Å²) in [4.78, 5) is 16.2. The molecule has 14 aromatic rings. The van der Waals surface area contributed by atoms with Crippen molar-refractivity contribution in [3.63, 3.8) is 0 Å². The Hall–Kier alpha value is -9.39. The van der Waals surface area contributed by atoms with Crippen molar-refractivity contribution >= 4 is 65.6 Å². The SMILES string of the molecule is c1ccc(-c2cc(-c3ccccc3)cc(-n3c4ccccc4c4ccc5c6ccccc6n(-c6nc(-c7ccccc7)nc(-c7ccc8oc9cccc(-c%10ccccc%10)c9c8c7)n6)c5c43)c2)cc1. The van der Waals surface area contributed by atoms with E-state index in [9.17, 15) is 0 Å². The van der Waals surface area contributed by atoms with Gasteiger partial charge in [0.2, 0.25) is 5.95 Å². The van der Waals surface area contributed by atoms with Crippen LogP contribution in [0.15, 0.2) is 241 Å². The lowest BCUT2D eigenvalue weighted by Gasteiger charge is -2.16. The lowest BCUT2D eigenvalue weighted by atomic mass is 9.98. The molecular weight excluding hydrogens is 843 g/mol.